The molecule has 0 spiro atoms. The molecule has 5 heteroatoms. The standard InChI is InChI=1S/C13H15NO4/c15-12(16)11-7-10(8-14(11)13(17)18)6-9-4-2-1-3-5-9/h1-5,10-11H,6-8H2,(H,15,16)(H,17,18)/t10-,11+/m1/s1. The molecule has 1 aromatic rings. The molecule has 0 unspecified atom stereocenters. The first-order valence-electron chi connectivity index (χ1n) is 5.84. The topological polar surface area (TPSA) is 77.8 Å². The Bertz CT molecular complexity index is 424. The molecule has 1 amide bonds. The van der Waals surface area contributed by atoms with Crippen LogP contribution in [-0.4, -0.2) is 39.8 Å². The Kier molecular flexibility index (Phi) is 3.50. The lowest BCUT2D eigenvalue weighted by Gasteiger charge is -2.16. The van der Waals surface area contributed by atoms with Gasteiger partial charge in [-0.2, -0.15) is 0 Å². The molecular formula is C13H15NO4. The number of likely N-dealkylation sites (tertiary alicyclic amines) is 1. The second-order valence-electron chi connectivity index (χ2n) is 4.58. The normalized spacial score (nSPS) is 23.0. The first kappa shape index (κ1) is 12.4. The molecule has 0 bridgehead atoms. The summed E-state index contributed by atoms with van der Waals surface area (Å²) in [6.07, 6.45) is -0.0526. The maximum atomic E-state index is 11.0. The maximum absolute atomic E-state index is 11.0. The van der Waals surface area contributed by atoms with Crippen molar-refractivity contribution in [2.24, 2.45) is 5.92 Å². The summed E-state index contributed by atoms with van der Waals surface area (Å²) in [4.78, 5) is 23.0. The summed E-state index contributed by atoms with van der Waals surface area (Å²) in [5.41, 5.74) is 1.11. The van der Waals surface area contributed by atoms with Crippen molar-refractivity contribution >= 4 is 12.1 Å². The van der Waals surface area contributed by atoms with Crippen molar-refractivity contribution in [1.29, 1.82) is 0 Å². The molecular weight excluding hydrogens is 234 g/mol. The van der Waals surface area contributed by atoms with E-state index in [1.807, 2.05) is 30.3 Å². The Balaban J connectivity index is 2.05. The van der Waals surface area contributed by atoms with Crippen LogP contribution in [0.25, 0.3) is 0 Å². The maximum Gasteiger partial charge on any atom is 0.408 e. The lowest BCUT2D eigenvalue weighted by Crippen LogP contribution is -2.39. The molecule has 0 saturated carbocycles. The van der Waals surface area contributed by atoms with Crippen molar-refractivity contribution in [3.05, 3.63) is 35.9 Å². The second kappa shape index (κ2) is 5.08. The summed E-state index contributed by atoms with van der Waals surface area (Å²) < 4.78 is 0. The molecule has 1 aliphatic heterocycles. The Labute approximate surface area is 105 Å². The predicted octanol–water partition coefficient (Wildman–Crippen LogP) is 1.68. The number of aliphatic carboxylic acids is 1. The third kappa shape index (κ3) is 2.61. The molecule has 1 heterocycles. The first-order chi connectivity index (χ1) is 8.58. The highest BCUT2D eigenvalue weighted by atomic mass is 16.4. The van der Waals surface area contributed by atoms with Crippen LogP contribution in [0.15, 0.2) is 30.3 Å². The zero-order valence-electron chi connectivity index (χ0n) is 9.82. The molecule has 1 fully saturated rings. The van der Waals surface area contributed by atoms with Crippen LogP contribution in [0, 0.1) is 5.92 Å². The van der Waals surface area contributed by atoms with Gasteiger partial charge in [-0.1, -0.05) is 30.3 Å². The Morgan fingerprint density at radius 3 is 2.39 bits per heavy atom. The van der Waals surface area contributed by atoms with Gasteiger partial charge in [-0.3, -0.25) is 4.90 Å². The van der Waals surface area contributed by atoms with Gasteiger partial charge in [0.15, 0.2) is 0 Å². The number of carboxylic acids is 1. The number of amides is 1. The van der Waals surface area contributed by atoms with Gasteiger partial charge in [0.2, 0.25) is 0 Å². The minimum Gasteiger partial charge on any atom is -0.480 e. The van der Waals surface area contributed by atoms with Crippen LogP contribution in [0.3, 0.4) is 0 Å². The third-order valence-electron chi connectivity index (χ3n) is 3.29. The predicted molar refractivity (Wildman–Crippen MR) is 64.4 cm³/mol. The molecule has 1 saturated heterocycles. The van der Waals surface area contributed by atoms with Crippen molar-refractivity contribution in [2.45, 2.75) is 18.9 Å². The summed E-state index contributed by atoms with van der Waals surface area (Å²) >= 11 is 0. The van der Waals surface area contributed by atoms with Crippen LogP contribution in [0.4, 0.5) is 4.79 Å². The van der Waals surface area contributed by atoms with Crippen LogP contribution < -0.4 is 0 Å². The molecule has 5 nitrogen and oxygen atoms in total. The van der Waals surface area contributed by atoms with E-state index in [9.17, 15) is 9.59 Å². The van der Waals surface area contributed by atoms with Gasteiger partial charge in [-0.15, -0.1) is 0 Å². The number of nitrogens with zero attached hydrogens (tertiary/aromatic N) is 1. The van der Waals surface area contributed by atoms with Gasteiger partial charge >= 0.3 is 12.1 Å². The summed E-state index contributed by atoms with van der Waals surface area (Å²) in [5.74, 6) is -0.988. The summed E-state index contributed by atoms with van der Waals surface area (Å²) in [6.45, 7) is 0.293. The van der Waals surface area contributed by atoms with Gasteiger partial charge in [0.1, 0.15) is 6.04 Å². The number of rotatable bonds is 3. The molecule has 0 aromatic heterocycles. The fourth-order valence-electron chi connectivity index (χ4n) is 2.46. The molecule has 2 N–H and O–H groups in total. The van der Waals surface area contributed by atoms with Crippen molar-refractivity contribution in [1.82, 2.24) is 4.90 Å². The zero-order valence-corrected chi connectivity index (χ0v) is 9.82. The summed E-state index contributed by atoms with van der Waals surface area (Å²) in [6, 6.07) is 8.80. The quantitative estimate of drug-likeness (QED) is 0.854. The van der Waals surface area contributed by atoms with Crippen LogP contribution in [-0.2, 0) is 11.2 Å². The van der Waals surface area contributed by atoms with E-state index in [4.69, 9.17) is 10.2 Å². The van der Waals surface area contributed by atoms with Crippen molar-refractivity contribution in [3.8, 4) is 0 Å². The van der Waals surface area contributed by atoms with Crippen molar-refractivity contribution < 1.29 is 19.8 Å². The van der Waals surface area contributed by atoms with Crippen LogP contribution in [0.5, 0.6) is 0 Å². The highest BCUT2D eigenvalue weighted by molar-refractivity contribution is 5.80. The third-order valence-corrected chi connectivity index (χ3v) is 3.29. The van der Waals surface area contributed by atoms with E-state index >= 15 is 0 Å². The first-order valence-corrected chi connectivity index (χ1v) is 5.84. The van der Waals surface area contributed by atoms with Gasteiger partial charge in [0, 0.05) is 6.54 Å². The highest BCUT2D eigenvalue weighted by Gasteiger charge is 2.39. The zero-order chi connectivity index (χ0) is 13.1. The average Bonchev–Trinajstić information content (AvgIpc) is 2.74. The second-order valence-corrected chi connectivity index (χ2v) is 4.58. The fraction of sp³-hybridized carbons (Fsp3) is 0.385. The van der Waals surface area contributed by atoms with Gasteiger partial charge in [0.25, 0.3) is 0 Å². The smallest absolute Gasteiger partial charge is 0.408 e. The fourth-order valence-corrected chi connectivity index (χ4v) is 2.46. The van der Waals surface area contributed by atoms with Crippen molar-refractivity contribution in [2.75, 3.05) is 6.54 Å². The van der Waals surface area contributed by atoms with Gasteiger partial charge in [-0.25, -0.2) is 9.59 Å². The van der Waals surface area contributed by atoms with Crippen LogP contribution in [0.2, 0.25) is 0 Å². The number of hydrogen-bond donors (Lipinski definition) is 2. The number of carboxylic acid groups (broad SMARTS) is 2. The largest absolute Gasteiger partial charge is 0.480 e. The van der Waals surface area contributed by atoms with Gasteiger partial charge < -0.3 is 10.2 Å². The SMILES string of the molecule is O=C(O)[C@@H]1C[C@@H](Cc2ccccc2)CN1C(=O)O. The van der Waals surface area contributed by atoms with E-state index in [1.54, 1.807) is 0 Å². The molecule has 1 aliphatic rings. The lowest BCUT2D eigenvalue weighted by atomic mass is 9.97. The molecule has 18 heavy (non-hydrogen) atoms. The molecule has 0 aliphatic carbocycles. The van der Waals surface area contributed by atoms with E-state index in [-0.39, 0.29) is 5.92 Å². The van der Waals surface area contributed by atoms with Crippen molar-refractivity contribution in [3.63, 3.8) is 0 Å². The van der Waals surface area contributed by atoms with E-state index in [0.29, 0.717) is 19.4 Å². The Morgan fingerprint density at radius 1 is 1.22 bits per heavy atom. The molecule has 1 aromatic carbocycles. The monoisotopic (exact) mass is 249 g/mol. The highest BCUT2D eigenvalue weighted by Crippen LogP contribution is 2.26. The Morgan fingerprint density at radius 2 is 1.89 bits per heavy atom. The average molecular weight is 249 g/mol. The summed E-state index contributed by atoms with van der Waals surface area (Å²) in [7, 11) is 0. The number of benzene rings is 1. The van der Waals surface area contributed by atoms with Crippen LogP contribution in [0.1, 0.15) is 12.0 Å². The molecule has 96 valence electrons. The molecule has 2 atom stereocenters. The number of hydrogen-bond acceptors (Lipinski definition) is 2. The minimum atomic E-state index is -1.15. The lowest BCUT2D eigenvalue weighted by molar-refractivity contribution is -0.141. The van der Waals surface area contributed by atoms with E-state index in [0.717, 1.165) is 10.5 Å². The van der Waals surface area contributed by atoms with Crippen LogP contribution >= 0.6 is 0 Å². The van der Waals surface area contributed by atoms with E-state index in [1.165, 1.54) is 0 Å². The van der Waals surface area contributed by atoms with E-state index in [2.05, 4.69) is 0 Å². The van der Waals surface area contributed by atoms with E-state index < -0.39 is 18.1 Å². The van der Waals surface area contributed by atoms with Gasteiger partial charge in [0.05, 0.1) is 0 Å². The minimum absolute atomic E-state index is 0.0737. The summed E-state index contributed by atoms with van der Waals surface area (Å²) in [5, 5.41) is 18.0. The molecule has 0 radical (unpaired) electrons. The van der Waals surface area contributed by atoms with Gasteiger partial charge in [-0.05, 0) is 24.3 Å². The number of carbonyl (C=O) groups is 2. The molecule has 2 rings (SSSR count). The Hall–Kier alpha value is -2.04.